The average molecular weight is 211 g/mol. The summed E-state index contributed by atoms with van der Waals surface area (Å²) in [6, 6.07) is 2.13. The Bertz CT molecular complexity index is 274. The van der Waals surface area contributed by atoms with Gasteiger partial charge in [0.05, 0.1) is 24.7 Å². The van der Waals surface area contributed by atoms with Gasteiger partial charge in [-0.25, -0.2) is 0 Å². The van der Waals surface area contributed by atoms with Crippen LogP contribution in [-0.2, 0) is 4.74 Å². The van der Waals surface area contributed by atoms with Gasteiger partial charge in [-0.05, 0) is 18.5 Å². The molecule has 1 aromatic heterocycles. The van der Waals surface area contributed by atoms with Gasteiger partial charge in [0.1, 0.15) is 0 Å². The summed E-state index contributed by atoms with van der Waals surface area (Å²) in [5.74, 6) is 0. The molecule has 0 aliphatic carbocycles. The molecule has 0 fully saturated rings. The summed E-state index contributed by atoms with van der Waals surface area (Å²) in [5.41, 5.74) is 1.21. The Morgan fingerprint density at radius 1 is 1.40 bits per heavy atom. The van der Waals surface area contributed by atoms with Crippen molar-refractivity contribution in [3.8, 4) is 0 Å². The van der Waals surface area contributed by atoms with E-state index >= 15 is 0 Å². The lowest BCUT2D eigenvalue weighted by Crippen LogP contribution is -2.40. The lowest BCUT2D eigenvalue weighted by Gasteiger charge is -2.35. The summed E-state index contributed by atoms with van der Waals surface area (Å²) in [6.45, 7) is 6.52. The highest BCUT2D eigenvalue weighted by Crippen LogP contribution is 2.32. The fourth-order valence-corrected chi connectivity index (χ4v) is 1.93. The largest absolute Gasteiger partial charge is 0.472 e. The zero-order valence-corrected chi connectivity index (χ0v) is 10.2. The van der Waals surface area contributed by atoms with E-state index < -0.39 is 0 Å². The quantitative estimate of drug-likeness (QED) is 0.831. The maximum absolute atomic E-state index is 5.59. The Morgan fingerprint density at radius 2 is 2.07 bits per heavy atom. The second-order valence-electron chi connectivity index (χ2n) is 4.85. The van der Waals surface area contributed by atoms with E-state index in [1.54, 1.807) is 19.6 Å². The van der Waals surface area contributed by atoms with Gasteiger partial charge in [0.15, 0.2) is 0 Å². The van der Waals surface area contributed by atoms with Crippen LogP contribution in [0.3, 0.4) is 0 Å². The van der Waals surface area contributed by atoms with Gasteiger partial charge in [-0.1, -0.05) is 20.8 Å². The summed E-state index contributed by atoms with van der Waals surface area (Å²) in [4.78, 5) is 0. The van der Waals surface area contributed by atoms with E-state index in [4.69, 9.17) is 9.15 Å². The molecular weight excluding hydrogens is 190 g/mol. The van der Waals surface area contributed by atoms with Crippen molar-refractivity contribution in [2.75, 3.05) is 14.2 Å². The van der Waals surface area contributed by atoms with Gasteiger partial charge < -0.3 is 14.5 Å². The van der Waals surface area contributed by atoms with E-state index in [1.165, 1.54) is 0 Å². The predicted molar refractivity (Wildman–Crippen MR) is 60.8 cm³/mol. The van der Waals surface area contributed by atoms with Crippen molar-refractivity contribution in [3.05, 3.63) is 24.2 Å². The van der Waals surface area contributed by atoms with Crippen LogP contribution in [0.15, 0.2) is 23.0 Å². The average Bonchev–Trinajstić information content (AvgIpc) is 2.64. The second-order valence-corrected chi connectivity index (χ2v) is 4.85. The third kappa shape index (κ3) is 2.83. The number of furan rings is 1. The molecule has 15 heavy (non-hydrogen) atoms. The van der Waals surface area contributed by atoms with Crippen LogP contribution < -0.4 is 5.32 Å². The third-order valence-electron chi connectivity index (χ3n) is 2.62. The number of ether oxygens (including phenoxy) is 1. The van der Waals surface area contributed by atoms with E-state index in [9.17, 15) is 0 Å². The highest BCUT2D eigenvalue weighted by Gasteiger charge is 2.32. The number of hydrogen-bond acceptors (Lipinski definition) is 3. The lowest BCUT2D eigenvalue weighted by molar-refractivity contribution is -0.0103. The summed E-state index contributed by atoms with van der Waals surface area (Å²) >= 11 is 0. The van der Waals surface area contributed by atoms with Crippen molar-refractivity contribution in [2.24, 2.45) is 5.41 Å². The number of rotatable bonds is 4. The van der Waals surface area contributed by atoms with Crippen LogP contribution in [0.25, 0.3) is 0 Å². The molecule has 0 saturated heterocycles. The molecule has 0 saturated carbocycles. The molecule has 0 aliphatic rings. The van der Waals surface area contributed by atoms with Crippen LogP contribution in [-0.4, -0.2) is 20.3 Å². The molecule has 1 aromatic rings. The van der Waals surface area contributed by atoms with Crippen LogP contribution in [0.1, 0.15) is 32.4 Å². The van der Waals surface area contributed by atoms with Gasteiger partial charge in [0, 0.05) is 12.7 Å². The molecule has 1 N–H and O–H groups in total. The standard InChI is InChI=1S/C12H21NO2/c1-12(2,3)11(14-5)10(13-4)9-6-7-15-8-9/h6-8,10-11,13H,1-5H3. The molecule has 3 nitrogen and oxygen atoms in total. The third-order valence-corrected chi connectivity index (χ3v) is 2.62. The molecular formula is C12H21NO2. The molecule has 1 rings (SSSR count). The van der Waals surface area contributed by atoms with E-state index in [0.717, 1.165) is 5.56 Å². The Balaban J connectivity index is 2.90. The van der Waals surface area contributed by atoms with Gasteiger partial charge >= 0.3 is 0 Å². The maximum atomic E-state index is 5.59. The number of hydrogen-bond donors (Lipinski definition) is 1. The Labute approximate surface area is 91.8 Å². The molecule has 3 heteroatoms. The van der Waals surface area contributed by atoms with Crippen molar-refractivity contribution in [2.45, 2.75) is 32.9 Å². The van der Waals surface area contributed by atoms with Gasteiger partial charge in [-0.2, -0.15) is 0 Å². The molecule has 0 aromatic carbocycles. The SMILES string of the molecule is CNC(c1ccoc1)C(OC)C(C)(C)C. The van der Waals surface area contributed by atoms with E-state index in [2.05, 4.69) is 26.1 Å². The van der Waals surface area contributed by atoms with Crippen molar-refractivity contribution in [3.63, 3.8) is 0 Å². The lowest BCUT2D eigenvalue weighted by atomic mass is 9.82. The minimum absolute atomic E-state index is 0.0830. The van der Waals surface area contributed by atoms with Gasteiger partial charge in [0.25, 0.3) is 0 Å². The highest BCUT2D eigenvalue weighted by molar-refractivity contribution is 5.14. The van der Waals surface area contributed by atoms with Crippen LogP contribution in [0.2, 0.25) is 0 Å². The molecule has 0 amide bonds. The van der Waals surface area contributed by atoms with Gasteiger partial charge in [-0.3, -0.25) is 0 Å². The van der Waals surface area contributed by atoms with E-state index in [-0.39, 0.29) is 17.6 Å². The fraction of sp³-hybridized carbons (Fsp3) is 0.667. The fourth-order valence-electron chi connectivity index (χ4n) is 1.93. The topological polar surface area (TPSA) is 34.4 Å². The van der Waals surface area contributed by atoms with Crippen LogP contribution in [0.5, 0.6) is 0 Å². The first-order valence-corrected chi connectivity index (χ1v) is 5.23. The zero-order chi connectivity index (χ0) is 11.5. The van der Waals surface area contributed by atoms with E-state index in [0.29, 0.717) is 0 Å². The molecule has 2 unspecified atom stereocenters. The summed E-state index contributed by atoms with van der Waals surface area (Å²) in [7, 11) is 3.69. The van der Waals surface area contributed by atoms with Crippen LogP contribution in [0.4, 0.5) is 0 Å². The maximum Gasteiger partial charge on any atom is 0.0951 e. The second kappa shape index (κ2) is 4.81. The molecule has 0 spiro atoms. The number of nitrogens with one attached hydrogen (secondary N) is 1. The first kappa shape index (κ1) is 12.3. The Kier molecular flexibility index (Phi) is 3.94. The molecule has 0 radical (unpaired) electrons. The highest BCUT2D eigenvalue weighted by atomic mass is 16.5. The molecule has 2 atom stereocenters. The Hall–Kier alpha value is -0.800. The van der Waals surface area contributed by atoms with Crippen molar-refractivity contribution < 1.29 is 9.15 Å². The minimum Gasteiger partial charge on any atom is -0.472 e. The minimum atomic E-state index is 0.0830. The van der Waals surface area contributed by atoms with Crippen molar-refractivity contribution in [1.82, 2.24) is 5.32 Å². The van der Waals surface area contributed by atoms with Crippen LogP contribution >= 0.6 is 0 Å². The molecule has 86 valence electrons. The monoisotopic (exact) mass is 211 g/mol. The summed E-state index contributed by atoms with van der Waals surface area (Å²) in [5, 5.41) is 3.28. The first-order chi connectivity index (χ1) is 7.00. The predicted octanol–water partition coefficient (Wildman–Crippen LogP) is 2.60. The van der Waals surface area contributed by atoms with Crippen molar-refractivity contribution in [1.29, 1.82) is 0 Å². The normalized spacial score (nSPS) is 16.3. The first-order valence-electron chi connectivity index (χ1n) is 5.23. The summed E-state index contributed by atoms with van der Waals surface area (Å²) < 4.78 is 10.7. The zero-order valence-electron chi connectivity index (χ0n) is 10.2. The van der Waals surface area contributed by atoms with E-state index in [1.807, 2.05) is 13.1 Å². The number of methoxy groups -OCH3 is 1. The van der Waals surface area contributed by atoms with Gasteiger partial charge in [0.2, 0.25) is 0 Å². The Morgan fingerprint density at radius 3 is 2.40 bits per heavy atom. The van der Waals surface area contributed by atoms with Crippen LogP contribution in [0, 0.1) is 5.41 Å². The summed E-state index contributed by atoms with van der Waals surface area (Å²) in [6.07, 6.45) is 3.56. The molecule has 0 aliphatic heterocycles. The molecule has 1 heterocycles. The van der Waals surface area contributed by atoms with Crippen molar-refractivity contribution >= 4 is 0 Å². The number of likely N-dealkylation sites (N-methyl/N-ethyl adjacent to an activating group) is 1. The molecule has 0 bridgehead atoms. The van der Waals surface area contributed by atoms with Gasteiger partial charge in [-0.15, -0.1) is 0 Å². The smallest absolute Gasteiger partial charge is 0.0951 e.